The van der Waals surface area contributed by atoms with Crippen molar-refractivity contribution < 1.29 is 0 Å². The lowest BCUT2D eigenvalue weighted by Gasteiger charge is -2.26. The van der Waals surface area contributed by atoms with E-state index in [1.165, 1.54) is 44.1 Å². The fourth-order valence-electron chi connectivity index (χ4n) is 4.99. The maximum atomic E-state index is 2.32. The van der Waals surface area contributed by atoms with Crippen LogP contribution in [0.2, 0.25) is 0 Å². The fraction of sp³-hybridized carbons (Fsp3) is 0.0909. The van der Waals surface area contributed by atoms with E-state index in [2.05, 4.69) is 146 Å². The van der Waals surface area contributed by atoms with Gasteiger partial charge >= 0.3 is 0 Å². The zero-order valence-electron chi connectivity index (χ0n) is 20.4. The lowest BCUT2D eigenvalue weighted by atomic mass is 10.0. The van der Waals surface area contributed by atoms with E-state index in [0.29, 0.717) is 0 Å². The minimum Gasteiger partial charge on any atom is -0.344 e. The van der Waals surface area contributed by atoms with Gasteiger partial charge in [0.25, 0.3) is 0 Å². The van der Waals surface area contributed by atoms with Crippen LogP contribution < -0.4 is 4.90 Å². The summed E-state index contributed by atoms with van der Waals surface area (Å²) in [7, 11) is 2.14. The standard InChI is InChI=1S/C33H28N2/c1-23-8-15-27(16-9-23)35(28-17-10-24(2)11-18-28)29-19-12-25(13-20-29)26-14-21-33-31(22-26)30-6-4-5-7-32(30)34(33)3/h4-22H,1-3H3. The molecule has 5 aromatic carbocycles. The Labute approximate surface area is 206 Å². The second kappa shape index (κ2) is 8.48. The molecule has 1 heterocycles. The zero-order valence-corrected chi connectivity index (χ0v) is 20.4. The number of fused-ring (bicyclic) bond motifs is 3. The number of aryl methyl sites for hydroxylation is 3. The largest absolute Gasteiger partial charge is 0.344 e. The van der Waals surface area contributed by atoms with E-state index in [0.717, 1.165) is 17.1 Å². The van der Waals surface area contributed by atoms with Crippen LogP contribution in [-0.4, -0.2) is 4.57 Å². The molecule has 1 aromatic heterocycles. The summed E-state index contributed by atoms with van der Waals surface area (Å²) in [6, 6.07) is 41.8. The molecule has 0 amide bonds. The second-order valence-corrected chi connectivity index (χ2v) is 9.36. The van der Waals surface area contributed by atoms with Crippen LogP contribution in [0.4, 0.5) is 17.1 Å². The highest BCUT2D eigenvalue weighted by molar-refractivity contribution is 6.09. The number of para-hydroxylation sites is 1. The third-order valence-electron chi connectivity index (χ3n) is 6.96. The third-order valence-corrected chi connectivity index (χ3v) is 6.96. The average Bonchev–Trinajstić information content (AvgIpc) is 3.18. The Hall–Kier alpha value is -4.30. The summed E-state index contributed by atoms with van der Waals surface area (Å²) in [5.74, 6) is 0. The van der Waals surface area contributed by atoms with Gasteiger partial charge in [0.15, 0.2) is 0 Å². The van der Waals surface area contributed by atoms with E-state index < -0.39 is 0 Å². The summed E-state index contributed by atoms with van der Waals surface area (Å²) in [4.78, 5) is 2.32. The van der Waals surface area contributed by atoms with Crippen LogP contribution in [0.25, 0.3) is 32.9 Å². The van der Waals surface area contributed by atoms with Crippen molar-refractivity contribution in [2.75, 3.05) is 4.90 Å². The molecule has 0 fully saturated rings. The van der Waals surface area contributed by atoms with Crippen molar-refractivity contribution in [2.24, 2.45) is 7.05 Å². The number of rotatable bonds is 4. The molecule has 0 N–H and O–H groups in total. The molecule has 0 unspecified atom stereocenters. The molecular weight excluding hydrogens is 424 g/mol. The summed E-state index contributed by atoms with van der Waals surface area (Å²) < 4.78 is 2.28. The Bertz CT molecular complexity index is 1590. The molecule has 0 aliphatic heterocycles. The van der Waals surface area contributed by atoms with Gasteiger partial charge in [0.1, 0.15) is 0 Å². The monoisotopic (exact) mass is 452 g/mol. The molecule has 0 atom stereocenters. The summed E-state index contributed by atoms with van der Waals surface area (Å²) >= 11 is 0. The smallest absolute Gasteiger partial charge is 0.0489 e. The molecule has 35 heavy (non-hydrogen) atoms. The van der Waals surface area contributed by atoms with Crippen LogP contribution in [0.3, 0.4) is 0 Å². The minimum atomic E-state index is 1.15. The zero-order chi connectivity index (χ0) is 23.9. The summed E-state index contributed by atoms with van der Waals surface area (Å²) in [6.07, 6.45) is 0. The SMILES string of the molecule is Cc1ccc(N(c2ccc(C)cc2)c2ccc(-c3ccc4c(c3)c3ccccc3n4C)cc2)cc1. The van der Waals surface area contributed by atoms with E-state index in [-0.39, 0.29) is 0 Å². The maximum absolute atomic E-state index is 2.32. The van der Waals surface area contributed by atoms with E-state index >= 15 is 0 Å². The molecule has 0 aliphatic rings. The number of aromatic nitrogens is 1. The lowest BCUT2D eigenvalue weighted by molar-refractivity contribution is 1.01. The highest BCUT2D eigenvalue weighted by Gasteiger charge is 2.13. The Morgan fingerprint density at radius 2 is 0.971 bits per heavy atom. The molecule has 6 aromatic rings. The van der Waals surface area contributed by atoms with Crippen molar-refractivity contribution in [3.8, 4) is 11.1 Å². The van der Waals surface area contributed by atoms with Crippen molar-refractivity contribution in [1.29, 1.82) is 0 Å². The van der Waals surface area contributed by atoms with Crippen LogP contribution in [0, 0.1) is 13.8 Å². The van der Waals surface area contributed by atoms with Gasteiger partial charge in [-0.2, -0.15) is 0 Å². The van der Waals surface area contributed by atoms with Crippen molar-refractivity contribution in [1.82, 2.24) is 4.57 Å². The van der Waals surface area contributed by atoms with Gasteiger partial charge in [-0.05, 0) is 79.6 Å². The van der Waals surface area contributed by atoms with Gasteiger partial charge in [-0.25, -0.2) is 0 Å². The lowest BCUT2D eigenvalue weighted by Crippen LogP contribution is -2.09. The predicted octanol–water partition coefficient (Wildman–Crippen LogP) is 9.09. The Morgan fingerprint density at radius 3 is 1.57 bits per heavy atom. The highest BCUT2D eigenvalue weighted by atomic mass is 15.1. The minimum absolute atomic E-state index is 1.15. The Morgan fingerprint density at radius 1 is 0.486 bits per heavy atom. The Balaban J connectivity index is 1.42. The molecule has 2 heteroatoms. The summed E-state index contributed by atoms with van der Waals surface area (Å²) in [6.45, 7) is 4.25. The van der Waals surface area contributed by atoms with E-state index in [9.17, 15) is 0 Å². The third kappa shape index (κ3) is 3.77. The van der Waals surface area contributed by atoms with Crippen molar-refractivity contribution >= 4 is 38.9 Å². The molecular formula is C33H28N2. The van der Waals surface area contributed by atoms with Gasteiger partial charge in [0.05, 0.1) is 0 Å². The second-order valence-electron chi connectivity index (χ2n) is 9.36. The number of benzene rings is 5. The van der Waals surface area contributed by atoms with Gasteiger partial charge in [-0.15, -0.1) is 0 Å². The summed E-state index contributed by atoms with van der Waals surface area (Å²) in [5, 5.41) is 2.60. The molecule has 0 saturated heterocycles. The first-order valence-corrected chi connectivity index (χ1v) is 12.1. The first kappa shape index (κ1) is 21.2. The molecule has 2 nitrogen and oxygen atoms in total. The molecule has 0 saturated carbocycles. The van der Waals surface area contributed by atoms with Crippen LogP contribution in [0.5, 0.6) is 0 Å². The molecule has 0 radical (unpaired) electrons. The van der Waals surface area contributed by atoms with Gasteiger partial charge in [0.2, 0.25) is 0 Å². The van der Waals surface area contributed by atoms with E-state index in [4.69, 9.17) is 0 Å². The van der Waals surface area contributed by atoms with Crippen LogP contribution >= 0.6 is 0 Å². The predicted molar refractivity (Wildman–Crippen MR) is 150 cm³/mol. The number of hydrogen-bond acceptors (Lipinski definition) is 1. The number of hydrogen-bond donors (Lipinski definition) is 0. The molecule has 0 aliphatic carbocycles. The normalized spacial score (nSPS) is 11.3. The van der Waals surface area contributed by atoms with Gasteiger partial charge in [-0.1, -0.05) is 71.8 Å². The summed E-state index contributed by atoms with van der Waals surface area (Å²) in [5.41, 5.74) is 11.0. The van der Waals surface area contributed by atoms with Crippen LogP contribution in [-0.2, 0) is 7.05 Å². The van der Waals surface area contributed by atoms with Crippen LogP contribution in [0.15, 0.2) is 115 Å². The van der Waals surface area contributed by atoms with Crippen molar-refractivity contribution in [3.63, 3.8) is 0 Å². The Kier molecular flexibility index (Phi) is 5.15. The highest BCUT2D eigenvalue weighted by Crippen LogP contribution is 2.37. The van der Waals surface area contributed by atoms with Gasteiger partial charge in [-0.3, -0.25) is 0 Å². The average molecular weight is 453 g/mol. The number of nitrogens with zero attached hydrogens (tertiary/aromatic N) is 2. The van der Waals surface area contributed by atoms with Gasteiger partial charge in [0, 0.05) is 45.9 Å². The van der Waals surface area contributed by atoms with Gasteiger partial charge < -0.3 is 9.47 Å². The first-order chi connectivity index (χ1) is 17.1. The molecule has 0 spiro atoms. The first-order valence-electron chi connectivity index (χ1n) is 12.1. The number of anilines is 3. The quantitative estimate of drug-likeness (QED) is 0.259. The molecule has 6 rings (SSSR count). The van der Waals surface area contributed by atoms with E-state index in [1.807, 2.05) is 0 Å². The molecule has 170 valence electrons. The fourth-order valence-corrected chi connectivity index (χ4v) is 4.99. The topological polar surface area (TPSA) is 8.17 Å². The van der Waals surface area contributed by atoms with Crippen molar-refractivity contribution in [3.05, 3.63) is 126 Å². The van der Waals surface area contributed by atoms with E-state index in [1.54, 1.807) is 0 Å². The maximum Gasteiger partial charge on any atom is 0.0489 e. The molecule has 0 bridgehead atoms. The van der Waals surface area contributed by atoms with Crippen LogP contribution in [0.1, 0.15) is 11.1 Å². The van der Waals surface area contributed by atoms with Crippen molar-refractivity contribution in [2.45, 2.75) is 13.8 Å².